The second-order valence-corrected chi connectivity index (χ2v) is 6.66. The zero-order valence-electron chi connectivity index (χ0n) is 14.8. The average molecular weight is 364 g/mol. The van der Waals surface area contributed by atoms with Crippen LogP contribution in [0, 0.1) is 0 Å². The molecule has 0 aliphatic carbocycles. The molecule has 0 radical (unpaired) electrons. The van der Waals surface area contributed by atoms with Crippen LogP contribution in [-0.2, 0) is 15.1 Å². The lowest BCUT2D eigenvalue weighted by Crippen LogP contribution is -2.39. The van der Waals surface area contributed by atoms with Crippen molar-refractivity contribution in [1.82, 2.24) is 14.6 Å². The first-order valence-electron chi connectivity index (χ1n) is 8.70. The summed E-state index contributed by atoms with van der Waals surface area (Å²) in [7, 11) is 0. The molecule has 3 rings (SSSR count). The summed E-state index contributed by atoms with van der Waals surface area (Å²) in [6.45, 7) is 3.22. The molecule has 0 aromatic carbocycles. The van der Waals surface area contributed by atoms with Crippen LogP contribution in [0.2, 0.25) is 0 Å². The van der Waals surface area contributed by atoms with E-state index in [1.165, 1.54) is 10.8 Å². The van der Waals surface area contributed by atoms with Crippen molar-refractivity contribution in [2.75, 3.05) is 11.9 Å². The molecule has 1 amide bonds. The number of amides is 1. The number of rotatable bonds is 6. The van der Waals surface area contributed by atoms with Gasteiger partial charge < -0.3 is 25.4 Å². The minimum Gasteiger partial charge on any atom is -0.394 e. The van der Waals surface area contributed by atoms with Gasteiger partial charge in [0.05, 0.1) is 12.3 Å². The first kappa shape index (κ1) is 18.7. The molecule has 0 bridgehead atoms. The first-order valence-corrected chi connectivity index (χ1v) is 8.70. The third-order valence-corrected chi connectivity index (χ3v) is 4.82. The van der Waals surface area contributed by atoms with Gasteiger partial charge in [-0.25, -0.2) is 9.50 Å². The summed E-state index contributed by atoms with van der Waals surface area (Å²) >= 11 is 0. The highest BCUT2D eigenvalue weighted by Crippen LogP contribution is 2.40. The molecule has 0 saturated carbocycles. The van der Waals surface area contributed by atoms with Crippen molar-refractivity contribution in [3.8, 4) is 0 Å². The summed E-state index contributed by atoms with van der Waals surface area (Å²) in [5, 5.41) is 36.8. The van der Waals surface area contributed by atoms with Gasteiger partial charge in [-0.2, -0.15) is 5.10 Å². The number of carbonyl (C=O) groups is 1. The number of hydrogen-bond donors (Lipinski definition) is 4. The molecule has 0 spiro atoms. The van der Waals surface area contributed by atoms with Crippen molar-refractivity contribution in [3.63, 3.8) is 0 Å². The molecule has 26 heavy (non-hydrogen) atoms. The van der Waals surface area contributed by atoms with Crippen molar-refractivity contribution in [3.05, 3.63) is 24.2 Å². The number of nitrogens with one attached hydrogen (secondary N) is 1. The SMILES string of the molecule is CCCCC(=O)Nc1ncnn2c([C@]3(C)O[C@H](CO)[C@@H](O)[C@H]3O)ccc12. The van der Waals surface area contributed by atoms with E-state index < -0.39 is 30.5 Å². The predicted molar refractivity (Wildman–Crippen MR) is 92.5 cm³/mol. The molecular formula is C17H24N4O5. The van der Waals surface area contributed by atoms with Crippen molar-refractivity contribution < 1.29 is 24.9 Å². The van der Waals surface area contributed by atoms with E-state index in [0.717, 1.165) is 12.8 Å². The van der Waals surface area contributed by atoms with Gasteiger partial charge in [-0.05, 0) is 25.5 Å². The lowest BCUT2D eigenvalue weighted by molar-refractivity contribution is -0.116. The number of aromatic nitrogens is 3. The van der Waals surface area contributed by atoms with Gasteiger partial charge in [0, 0.05) is 6.42 Å². The van der Waals surface area contributed by atoms with Crippen molar-refractivity contribution in [2.45, 2.75) is 57.0 Å². The quantitative estimate of drug-likeness (QED) is 0.576. The molecule has 1 fully saturated rings. The summed E-state index contributed by atoms with van der Waals surface area (Å²) in [6, 6.07) is 3.41. The Balaban J connectivity index is 1.95. The Morgan fingerprint density at radius 3 is 2.85 bits per heavy atom. The van der Waals surface area contributed by atoms with Crippen LogP contribution < -0.4 is 5.32 Å². The number of aliphatic hydroxyl groups excluding tert-OH is 3. The molecular weight excluding hydrogens is 340 g/mol. The van der Waals surface area contributed by atoms with E-state index in [1.54, 1.807) is 19.1 Å². The van der Waals surface area contributed by atoms with Crippen molar-refractivity contribution in [1.29, 1.82) is 0 Å². The van der Waals surface area contributed by atoms with Crippen LogP contribution in [0.4, 0.5) is 5.82 Å². The van der Waals surface area contributed by atoms with Crippen LogP contribution in [0.15, 0.2) is 18.5 Å². The van der Waals surface area contributed by atoms with E-state index in [4.69, 9.17) is 4.74 Å². The van der Waals surface area contributed by atoms with Gasteiger partial charge in [0.15, 0.2) is 5.82 Å². The third-order valence-electron chi connectivity index (χ3n) is 4.82. The number of fused-ring (bicyclic) bond motifs is 1. The van der Waals surface area contributed by atoms with Gasteiger partial charge in [0.2, 0.25) is 5.91 Å². The lowest BCUT2D eigenvalue weighted by atomic mass is 9.93. The van der Waals surface area contributed by atoms with Crippen LogP contribution in [0.1, 0.15) is 38.8 Å². The van der Waals surface area contributed by atoms with Crippen LogP contribution in [0.3, 0.4) is 0 Å². The minimum atomic E-state index is -1.27. The topological polar surface area (TPSA) is 129 Å². The van der Waals surface area contributed by atoms with Gasteiger partial charge in [0.25, 0.3) is 0 Å². The molecule has 9 heteroatoms. The second kappa shape index (κ2) is 7.28. The number of aliphatic hydroxyl groups is 3. The standard InChI is InChI=1S/C17H24N4O5/c1-3-4-5-13(23)20-16-10-6-7-12(21(10)19-9-18-16)17(2)15(25)14(24)11(8-22)26-17/h6-7,9,11,14-15,22,24-25H,3-5,8H2,1-2H3,(H,18,19,20,23)/t11-,14-,15-,17+/m1/s1. The minimum absolute atomic E-state index is 0.130. The summed E-state index contributed by atoms with van der Waals surface area (Å²) in [5.41, 5.74) is -0.232. The Labute approximate surface area is 150 Å². The fourth-order valence-electron chi connectivity index (χ4n) is 3.28. The smallest absolute Gasteiger partial charge is 0.225 e. The van der Waals surface area contributed by atoms with E-state index >= 15 is 0 Å². The maximum absolute atomic E-state index is 12.0. The summed E-state index contributed by atoms with van der Waals surface area (Å²) in [6.07, 6.45) is 0.0687. The van der Waals surface area contributed by atoms with Crippen LogP contribution >= 0.6 is 0 Å². The number of ether oxygens (including phenoxy) is 1. The van der Waals surface area contributed by atoms with E-state index in [1.807, 2.05) is 6.92 Å². The molecule has 9 nitrogen and oxygen atoms in total. The second-order valence-electron chi connectivity index (χ2n) is 6.66. The Kier molecular flexibility index (Phi) is 5.24. The van der Waals surface area contributed by atoms with Gasteiger partial charge in [0.1, 0.15) is 35.8 Å². The van der Waals surface area contributed by atoms with Crippen LogP contribution in [0.25, 0.3) is 5.52 Å². The van der Waals surface area contributed by atoms with E-state index in [9.17, 15) is 20.1 Å². The molecule has 1 aliphatic rings. The maximum atomic E-state index is 12.0. The number of unbranched alkanes of at least 4 members (excludes halogenated alkanes) is 1. The summed E-state index contributed by atoms with van der Waals surface area (Å²) in [5.74, 6) is 0.233. The summed E-state index contributed by atoms with van der Waals surface area (Å²) < 4.78 is 7.24. The van der Waals surface area contributed by atoms with Gasteiger partial charge in [-0.15, -0.1) is 0 Å². The van der Waals surface area contributed by atoms with E-state index in [-0.39, 0.29) is 5.91 Å². The highest BCUT2D eigenvalue weighted by Gasteiger charge is 2.53. The first-order chi connectivity index (χ1) is 12.4. The van der Waals surface area contributed by atoms with Gasteiger partial charge >= 0.3 is 0 Å². The molecule has 142 valence electrons. The normalized spacial score (nSPS) is 28.6. The monoisotopic (exact) mass is 364 g/mol. The van der Waals surface area contributed by atoms with Crippen molar-refractivity contribution >= 4 is 17.2 Å². The molecule has 0 unspecified atom stereocenters. The molecule has 1 saturated heterocycles. The molecule has 4 N–H and O–H groups in total. The fraction of sp³-hybridized carbons (Fsp3) is 0.588. The molecule has 1 aliphatic heterocycles. The average Bonchev–Trinajstić information content (AvgIpc) is 3.17. The number of anilines is 1. The van der Waals surface area contributed by atoms with Crippen LogP contribution in [0.5, 0.6) is 0 Å². The van der Waals surface area contributed by atoms with Gasteiger partial charge in [-0.1, -0.05) is 13.3 Å². The molecule has 2 aromatic rings. The summed E-state index contributed by atoms with van der Waals surface area (Å²) in [4.78, 5) is 16.1. The molecule has 2 aromatic heterocycles. The van der Waals surface area contributed by atoms with Crippen LogP contribution in [-0.4, -0.2) is 60.7 Å². The molecule has 4 atom stereocenters. The Hall–Kier alpha value is -2.07. The Morgan fingerprint density at radius 2 is 2.19 bits per heavy atom. The lowest BCUT2D eigenvalue weighted by Gasteiger charge is -2.27. The number of carbonyl (C=O) groups excluding carboxylic acids is 1. The highest BCUT2D eigenvalue weighted by molar-refractivity contribution is 5.93. The largest absolute Gasteiger partial charge is 0.394 e. The van der Waals surface area contributed by atoms with Gasteiger partial charge in [-0.3, -0.25) is 4.79 Å². The highest BCUT2D eigenvalue weighted by atomic mass is 16.6. The zero-order chi connectivity index (χ0) is 18.9. The molecule has 3 heterocycles. The van der Waals surface area contributed by atoms with Crippen molar-refractivity contribution in [2.24, 2.45) is 0 Å². The van der Waals surface area contributed by atoms with E-state index in [0.29, 0.717) is 23.4 Å². The third kappa shape index (κ3) is 3.07. The van der Waals surface area contributed by atoms with E-state index in [2.05, 4.69) is 15.4 Å². The maximum Gasteiger partial charge on any atom is 0.225 e. The zero-order valence-corrected chi connectivity index (χ0v) is 14.8. The number of nitrogens with zero attached hydrogens (tertiary/aromatic N) is 3. The Morgan fingerprint density at radius 1 is 1.42 bits per heavy atom. The number of hydrogen-bond acceptors (Lipinski definition) is 7. The fourth-order valence-corrected chi connectivity index (χ4v) is 3.28. The predicted octanol–water partition coefficient (Wildman–Crippen LogP) is 0.186. The Bertz CT molecular complexity index is 795.